The zero-order chi connectivity index (χ0) is 27.6. The van der Waals surface area contributed by atoms with E-state index in [-0.39, 0.29) is 23.3 Å². The Labute approximate surface area is 221 Å². The Balaban J connectivity index is 0.000000259. The van der Waals surface area contributed by atoms with Gasteiger partial charge in [0.05, 0.1) is 29.0 Å². The molecule has 3 aromatic rings. The van der Waals surface area contributed by atoms with Crippen LogP contribution in [0.25, 0.3) is 22.3 Å². The van der Waals surface area contributed by atoms with E-state index in [4.69, 9.17) is 9.47 Å². The molecule has 1 saturated heterocycles. The molecule has 6 rings (SSSR count). The molecule has 0 amide bonds. The molecule has 0 aliphatic carbocycles. The Morgan fingerprint density at radius 3 is 2.58 bits per heavy atom. The molecule has 2 atom stereocenters. The highest BCUT2D eigenvalue weighted by atomic mass is 16.5. The molecule has 10 heteroatoms. The third-order valence-electron chi connectivity index (χ3n) is 7.09. The molecule has 3 aliphatic rings. The summed E-state index contributed by atoms with van der Waals surface area (Å²) in [6.07, 6.45) is -1.47. The maximum absolute atomic E-state index is 12.8. The number of benzene rings is 1. The van der Waals surface area contributed by atoms with Gasteiger partial charge in [0, 0.05) is 42.2 Å². The van der Waals surface area contributed by atoms with Crippen LogP contribution in [-0.2, 0) is 27.5 Å². The van der Waals surface area contributed by atoms with Crippen molar-refractivity contribution in [1.29, 1.82) is 0 Å². The topological polar surface area (TPSA) is 114 Å². The van der Waals surface area contributed by atoms with E-state index in [0.29, 0.717) is 35.7 Å². The fourth-order valence-corrected chi connectivity index (χ4v) is 4.87. The third-order valence-corrected chi connectivity index (χ3v) is 7.09. The quantitative estimate of drug-likeness (QED) is 0.313. The number of aromatic nitrogens is 2. The van der Waals surface area contributed by atoms with E-state index >= 15 is 0 Å². The summed E-state index contributed by atoms with van der Waals surface area (Å²) in [5.41, 5.74) is 2.92. The first kappa shape index (κ1) is 27.4. The first-order valence-corrected chi connectivity index (χ1v) is 12.8. The van der Waals surface area contributed by atoms with Crippen molar-refractivity contribution in [1.82, 2.24) is 19.4 Å². The number of carbonyl (C=O) groups excluding carboxylic acids is 2. The van der Waals surface area contributed by atoms with Gasteiger partial charge >= 0.3 is 5.97 Å². The number of likely N-dealkylation sites (N-methyl/N-ethyl adjacent to an activating group) is 2. The minimum absolute atomic E-state index is 0.150. The van der Waals surface area contributed by atoms with Gasteiger partial charge in [-0.2, -0.15) is 0 Å². The van der Waals surface area contributed by atoms with Crippen molar-refractivity contribution in [2.75, 3.05) is 33.7 Å². The minimum Gasteiger partial charge on any atom is -0.458 e. The highest BCUT2D eigenvalue weighted by molar-refractivity contribution is 5.86. The summed E-state index contributed by atoms with van der Waals surface area (Å²) >= 11 is 0. The lowest BCUT2D eigenvalue weighted by molar-refractivity contribution is -0.157. The van der Waals surface area contributed by atoms with Crippen molar-refractivity contribution in [2.45, 2.75) is 46.1 Å². The maximum atomic E-state index is 12.8. The number of aliphatic hydroxyl groups excluding tert-OH is 1. The zero-order valence-corrected chi connectivity index (χ0v) is 22.4. The van der Waals surface area contributed by atoms with Gasteiger partial charge in [0.25, 0.3) is 12.0 Å². The van der Waals surface area contributed by atoms with Crippen molar-refractivity contribution in [3.8, 4) is 17.1 Å². The molecule has 0 radical (unpaired) electrons. The van der Waals surface area contributed by atoms with E-state index in [9.17, 15) is 19.5 Å². The molecule has 5 heterocycles. The molecule has 38 heavy (non-hydrogen) atoms. The first-order chi connectivity index (χ1) is 18.3. The van der Waals surface area contributed by atoms with Crippen molar-refractivity contribution >= 4 is 23.3 Å². The number of pyridine rings is 2. The SMILES string of the molecule is CC.CC1CN(C)CCN1C.O=COc1ccc2nc3c(cc2c1)Cn1c-3cc2c(c1=O)COC(=O)[C@H]2O. The van der Waals surface area contributed by atoms with Crippen LogP contribution in [0.1, 0.15) is 43.6 Å². The van der Waals surface area contributed by atoms with E-state index < -0.39 is 12.1 Å². The van der Waals surface area contributed by atoms with Gasteiger partial charge in [0.15, 0.2) is 6.10 Å². The van der Waals surface area contributed by atoms with E-state index in [0.717, 1.165) is 17.0 Å². The predicted octanol–water partition coefficient (Wildman–Crippen LogP) is 2.33. The van der Waals surface area contributed by atoms with E-state index in [1.54, 1.807) is 28.8 Å². The fraction of sp³-hybridized carbons (Fsp3) is 0.429. The summed E-state index contributed by atoms with van der Waals surface area (Å²) in [6.45, 7) is 10.5. The van der Waals surface area contributed by atoms with Crippen molar-refractivity contribution in [2.24, 2.45) is 0 Å². The van der Waals surface area contributed by atoms with Gasteiger partial charge in [-0.3, -0.25) is 9.59 Å². The van der Waals surface area contributed by atoms with Gasteiger partial charge in [-0.05, 0) is 51.4 Å². The van der Waals surface area contributed by atoms with Crippen LogP contribution in [0.15, 0.2) is 35.1 Å². The molecule has 0 saturated carbocycles. The smallest absolute Gasteiger partial charge is 0.340 e. The number of fused-ring (bicyclic) bond motifs is 5. The van der Waals surface area contributed by atoms with Crippen molar-refractivity contribution in [3.05, 3.63) is 57.4 Å². The molecule has 202 valence electrons. The normalized spacial score (nSPS) is 20.1. The Morgan fingerprint density at radius 1 is 1.13 bits per heavy atom. The highest BCUT2D eigenvalue weighted by Crippen LogP contribution is 2.35. The molecule has 1 aromatic carbocycles. The number of carbonyl (C=O) groups is 2. The van der Waals surface area contributed by atoms with Crippen molar-refractivity contribution < 1.29 is 24.2 Å². The average molecular weight is 523 g/mol. The van der Waals surface area contributed by atoms with Crippen LogP contribution < -0.4 is 10.3 Å². The summed E-state index contributed by atoms with van der Waals surface area (Å²) < 4.78 is 11.3. The number of nitrogens with zero attached hydrogens (tertiary/aromatic N) is 4. The van der Waals surface area contributed by atoms with Gasteiger partial charge < -0.3 is 28.9 Å². The number of piperazine rings is 1. The number of hydrogen-bond donors (Lipinski definition) is 1. The molecule has 3 aliphatic heterocycles. The fourth-order valence-electron chi connectivity index (χ4n) is 4.87. The Bertz CT molecular complexity index is 1420. The molecule has 10 nitrogen and oxygen atoms in total. The summed E-state index contributed by atoms with van der Waals surface area (Å²) in [6, 6.07) is 9.31. The lowest BCUT2D eigenvalue weighted by Crippen LogP contribution is -2.48. The first-order valence-electron chi connectivity index (χ1n) is 12.8. The van der Waals surface area contributed by atoms with Crippen LogP contribution in [0.4, 0.5) is 0 Å². The summed E-state index contributed by atoms with van der Waals surface area (Å²) in [5, 5.41) is 10.9. The van der Waals surface area contributed by atoms with E-state index in [1.165, 1.54) is 19.6 Å². The third kappa shape index (κ3) is 5.20. The van der Waals surface area contributed by atoms with Crippen molar-refractivity contribution in [3.63, 3.8) is 0 Å². The summed E-state index contributed by atoms with van der Waals surface area (Å²) in [4.78, 5) is 44.4. The zero-order valence-electron chi connectivity index (χ0n) is 22.4. The van der Waals surface area contributed by atoms with Gasteiger partial charge in [-0.1, -0.05) is 13.8 Å². The molecular weight excluding hydrogens is 488 g/mol. The van der Waals surface area contributed by atoms with Crippen LogP contribution >= 0.6 is 0 Å². The lowest BCUT2D eigenvalue weighted by atomic mass is 10.0. The van der Waals surface area contributed by atoms with Crippen LogP contribution in [0.2, 0.25) is 0 Å². The minimum atomic E-state index is -1.47. The van der Waals surface area contributed by atoms with Crippen LogP contribution in [0.5, 0.6) is 5.75 Å². The Hall–Kier alpha value is -3.60. The van der Waals surface area contributed by atoms with Gasteiger partial charge in [0.2, 0.25) is 0 Å². The summed E-state index contributed by atoms with van der Waals surface area (Å²) in [7, 11) is 4.38. The second-order valence-electron chi connectivity index (χ2n) is 9.52. The second-order valence-corrected chi connectivity index (χ2v) is 9.52. The molecule has 0 bridgehead atoms. The maximum Gasteiger partial charge on any atom is 0.340 e. The average Bonchev–Trinajstić information content (AvgIpc) is 3.27. The highest BCUT2D eigenvalue weighted by Gasteiger charge is 2.33. The Kier molecular flexibility index (Phi) is 8.25. The van der Waals surface area contributed by atoms with E-state index in [2.05, 4.69) is 35.8 Å². The molecular formula is C28H34N4O6. The number of hydrogen-bond acceptors (Lipinski definition) is 9. The number of esters is 1. The monoisotopic (exact) mass is 522 g/mol. The lowest BCUT2D eigenvalue weighted by Gasteiger charge is -2.35. The predicted molar refractivity (Wildman–Crippen MR) is 143 cm³/mol. The van der Waals surface area contributed by atoms with Crippen LogP contribution in [-0.4, -0.2) is 76.7 Å². The van der Waals surface area contributed by atoms with Crippen LogP contribution in [0, 0.1) is 0 Å². The standard InChI is InChI=1S/C19H12N2O6.C7H16N2.C2H6/c22-8-27-11-1-2-14-9(4-11)3-10-6-21-15(16(10)20-14)5-12-13(18(21)24)7-26-19(25)17(12)23;1-7-6-8(2)4-5-9(7)3;1-2/h1-5,8,17,23H,6-7H2;7H,4-6H2,1-3H3;1-2H3/t17-;;/m0../s1. The van der Waals surface area contributed by atoms with E-state index in [1.807, 2.05) is 19.9 Å². The summed E-state index contributed by atoms with van der Waals surface area (Å²) in [5.74, 6) is -0.361. The number of ether oxygens (including phenoxy) is 2. The van der Waals surface area contributed by atoms with Gasteiger partial charge in [-0.15, -0.1) is 0 Å². The molecule has 1 N–H and O–H groups in total. The van der Waals surface area contributed by atoms with Gasteiger partial charge in [0.1, 0.15) is 12.4 Å². The molecule has 0 spiro atoms. The molecule has 1 unspecified atom stereocenters. The van der Waals surface area contributed by atoms with Gasteiger partial charge in [-0.25, -0.2) is 9.78 Å². The molecule has 2 aromatic heterocycles. The second kappa shape index (κ2) is 11.4. The number of cyclic esters (lactones) is 1. The Morgan fingerprint density at radius 2 is 1.89 bits per heavy atom. The van der Waals surface area contributed by atoms with Crippen LogP contribution in [0.3, 0.4) is 0 Å². The number of aliphatic hydroxyl groups is 1. The largest absolute Gasteiger partial charge is 0.458 e. The molecule has 1 fully saturated rings. The number of rotatable bonds is 2.